The highest BCUT2D eigenvalue weighted by molar-refractivity contribution is 7.92. The second-order valence-corrected chi connectivity index (χ2v) is 9.48. The van der Waals surface area contributed by atoms with Crippen LogP contribution < -0.4 is 10.0 Å². The third-order valence-corrected chi connectivity index (χ3v) is 6.31. The van der Waals surface area contributed by atoms with Gasteiger partial charge in [-0.3, -0.25) is 14.3 Å². The van der Waals surface area contributed by atoms with E-state index in [1.807, 2.05) is 13.8 Å². The van der Waals surface area contributed by atoms with Gasteiger partial charge < -0.3 is 10.2 Å². The lowest BCUT2D eigenvalue weighted by Crippen LogP contribution is -2.46. The monoisotopic (exact) mass is 429 g/mol. The molecule has 1 heterocycles. The number of amides is 2. The standard InChI is InChI=1S/C22H27N3O4S/c1-16(2)15-23-21(26)20-12-7-13-25(20)22(27)17-8-6-9-18(14-17)24-30(28,29)19-10-4-3-5-11-19/h3-6,8-11,14,16,20,24H,7,12-13,15H2,1-2H3,(H,23,26)/t20-/m0/s1. The number of likely N-dealkylation sites (tertiary alicyclic amines) is 1. The zero-order valence-corrected chi connectivity index (χ0v) is 18.0. The van der Waals surface area contributed by atoms with Crippen molar-refractivity contribution in [1.82, 2.24) is 10.2 Å². The van der Waals surface area contributed by atoms with Gasteiger partial charge in [-0.1, -0.05) is 38.1 Å². The van der Waals surface area contributed by atoms with E-state index in [1.165, 1.54) is 18.2 Å². The van der Waals surface area contributed by atoms with Gasteiger partial charge in [0.15, 0.2) is 0 Å². The van der Waals surface area contributed by atoms with Crippen LogP contribution in [0, 0.1) is 5.92 Å². The lowest BCUT2D eigenvalue weighted by Gasteiger charge is -2.24. The molecule has 160 valence electrons. The van der Waals surface area contributed by atoms with E-state index in [0.29, 0.717) is 36.7 Å². The first-order valence-electron chi connectivity index (χ1n) is 10.0. The van der Waals surface area contributed by atoms with Gasteiger partial charge >= 0.3 is 0 Å². The Morgan fingerprint density at radius 1 is 1.10 bits per heavy atom. The summed E-state index contributed by atoms with van der Waals surface area (Å²) >= 11 is 0. The number of carbonyl (C=O) groups excluding carboxylic acids is 2. The summed E-state index contributed by atoms with van der Waals surface area (Å²) in [6, 6.07) is 13.9. The van der Waals surface area contributed by atoms with Crippen molar-refractivity contribution in [2.24, 2.45) is 5.92 Å². The smallest absolute Gasteiger partial charge is 0.261 e. The molecular formula is C22H27N3O4S. The summed E-state index contributed by atoms with van der Waals surface area (Å²) in [5, 5.41) is 2.90. The minimum absolute atomic E-state index is 0.142. The van der Waals surface area contributed by atoms with Crippen molar-refractivity contribution in [3.05, 3.63) is 60.2 Å². The molecule has 30 heavy (non-hydrogen) atoms. The number of hydrogen-bond acceptors (Lipinski definition) is 4. The Labute approximate surface area is 177 Å². The zero-order chi connectivity index (χ0) is 21.7. The summed E-state index contributed by atoms with van der Waals surface area (Å²) in [5.74, 6) is -0.0951. The molecule has 2 aromatic rings. The van der Waals surface area contributed by atoms with Gasteiger partial charge in [-0.25, -0.2) is 8.42 Å². The van der Waals surface area contributed by atoms with E-state index < -0.39 is 16.1 Å². The van der Waals surface area contributed by atoms with Crippen LogP contribution in [0.4, 0.5) is 5.69 Å². The van der Waals surface area contributed by atoms with Crippen LogP contribution >= 0.6 is 0 Å². The number of nitrogens with one attached hydrogen (secondary N) is 2. The van der Waals surface area contributed by atoms with Crippen molar-refractivity contribution in [1.29, 1.82) is 0 Å². The largest absolute Gasteiger partial charge is 0.354 e. The summed E-state index contributed by atoms with van der Waals surface area (Å²) in [6.07, 6.45) is 1.38. The van der Waals surface area contributed by atoms with Crippen molar-refractivity contribution in [3.8, 4) is 0 Å². The summed E-state index contributed by atoms with van der Waals surface area (Å²) in [7, 11) is -3.75. The summed E-state index contributed by atoms with van der Waals surface area (Å²) in [5.41, 5.74) is 0.636. The molecule has 0 radical (unpaired) electrons. The topological polar surface area (TPSA) is 95.6 Å². The minimum Gasteiger partial charge on any atom is -0.354 e. The fraction of sp³-hybridized carbons (Fsp3) is 0.364. The fourth-order valence-electron chi connectivity index (χ4n) is 3.40. The molecule has 7 nitrogen and oxygen atoms in total. The van der Waals surface area contributed by atoms with Crippen LogP contribution in [-0.2, 0) is 14.8 Å². The van der Waals surface area contributed by atoms with Gasteiger partial charge in [0.2, 0.25) is 5.91 Å². The Morgan fingerprint density at radius 3 is 2.53 bits per heavy atom. The number of anilines is 1. The van der Waals surface area contributed by atoms with Crippen LogP contribution in [0.2, 0.25) is 0 Å². The molecule has 1 fully saturated rings. The van der Waals surface area contributed by atoms with Crippen molar-refractivity contribution >= 4 is 27.5 Å². The fourth-order valence-corrected chi connectivity index (χ4v) is 4.47. The third kappa shape index (κ3) is 5.18. The lowest BCUT2D eigenvalue weighted by atomic mass is 10.1. The van der Waals surface area contributed by atoms with Crippen LogP contribution in [0.5, 0.6) is 0 Å². The average molecular weight is 430 g/mol. The minimum atomic E-state index is -3.75. The van der Waals surface area contributed by atoms with Crippen LogP contribution in [0.3, 0.4) is 0 Å². The predicted octanol–water partition coefficient (Wildman–Crippen LogP) is 2.86. The van der Waals surface area contributed by atoms with Gasteiger partial charge in [-0.05, 0) is 49.1 Å². The van der Waals surface area contributed by atoms with Crippen molar-refractivity contribution in [2.45, 2.75) is 37.6 Å². The second-order valence-electron chi connectivity index (χ2n) is 7.79. The van der Waals surface area contributed by atoms with Gasteiger partial charge in [0.25, 0.3) is 15.9 Å². The number of nitrogens with zero attached hydrogens (tertiary/aromatic N) is 1. The Morgan fingerprint density at radius 2 is 1.83 bits per heavy atom. The SMILES string of the molecule is CC(C)CNC(=O)[C@@H]1CCCN1C(=O)c1cccc(NS(=O)(=O)c2ccccc2)c1. The number of rotatable bonds is 7. The van der Waals surface area contributed by atoms with Gasteiger partial charge in [-0.2, -0.15) is 0 Å². The van der Waals surface area contributed by atoms with Crippen LogP contribution in [0.15, 0.2) is 59.5 Å². The quantitative estimate of drug-likeness (QED) is 0.707. The Kier molecular flexibility index (Phi) is 6.77. The van der Waals surface area contributed by atoms with E-state index in [2.05, 4.69) is 10.0 Å². The maximum absolute atomic E-state index is 13.1. The Hall–Kier alpha value is -2.87. The van der Waals surface area contributed by atoms with Gasteiger partial charge in [0, 0.05) is 24.3 Å². The first-order chi connectivity index (χ1) is 14.3. The molecule has 0 saturated carbocycles. The highest BCUT2D eigenvalue weighted by Crippen LogP contribution is 2.23. The van der Waals surface area contributed by atoms with Crippen LogP contribution in [0.25, 0.3) is 0 Å². The maximum atomic E-state index is 13.1. The van der Waals surface area contributed by atoms with Gasteiger partial charge in [0.1, 0.15) is 6.04 Å². The summed E-state index contributed by atoms with van der Waals surface area (Å²) in [6.45, 7) is 5.09. The first kappa shape index (κ1) is 21.8. The molecule has 0 unspecified atom stereocenters. The summed E-state index contributed by atoms with van der Waals surface area (Å²) in [4.78, 5) is 27.3. The predicted molar refractivity (Wildman–Crippen MR) is 116 cm³/mol. The summed E-state index contributed by atoms with van der Waals surface area (Å²) < 4.78 is 27.6. The van der Waals surface area contributed by atoms with Crippen molar-refractivity contribution in [3.63, 3.8) is 0 Å². The average Bonchev–Trinajstić information content (AvgIpc) is 3.22. The highest BCUT2D eigenvalue weighted by atomic mass is 32.2. The maximum Gasteiger partial charge on any atom is 0.261 e. The Bertz CT molecular complexity index is 1010. The van der Waals surface area contributed by atoms with Crippen molar-refractivity contribution < 1.29 is 18.0 Å². The van der Waals surface area contributed by atoms with E-state index in [-0.39, 0.29) is 16.7 Å². The molecule has 2 amide bonds. The lowest BCUT2D eigenvalue weighted by molar-refractivity contribution is -0.125. The molecule has 1 aliphatic heterocycles. The van der Waals surface area contributed by atoms with E-state index in [9.17, 15) is 18.0 Å². The van der Waals surface area contributed by atoms with E-state index in [0.717, 1.165) is 6.42 Å². The third-order valence-electron chi connectivity index (χ3n) is 4.92. The molecule has 1 saturated heterocycles. The highest BCUT2D eigenvalue weighted by Gasteiger charge is 2.34. The van der Waals surface area contributed by atoms with Crippen molar-refractivity contribution in [2.75, 3.05) is 17.8 Å². The number of benzene rings is 2. The molecule has 8 heteroatoms. The molecule has 3 rings (SSSR count). The first-order valence-corrected chi connectivity index (χ1v) is 11.5. The molecular weight excluding hydrogens is 402 g/mol. The molecule has 2 aromatic carbocycles. The van der Waals surface area contributed by atoms with E-state index in [4.69, 9.17) is 0 Å². The van der Waals surface area contributed by atoms with Gasteiger partial charge in [-0.15, -0.1) is 0 Å². The number of carbonyl (C=O) groups is 2. The number of sulfonamides is 1. The molecule has 2 N–H and O–H groups in total. The Balaban J connectivity index is 1.75. The van der Waals surface area contributed by atoms with E-state index in [1.54, 1.807) is 41.3 Å². The van der Waals surface area contributed by atoms with Crippen LogP contribution in [0.1, 0.15) is 37.0 Å². The van der Waals surface area contributed by atoms with E-state index >= 15 is 0 Å². The van der Waals surface area contributed by atoms with Gasteiger partial charge in [0.05, 0.1) is 4.90 Å². The normalized spacial score (nSPS) is 16.5. The molecule has 0 aliphatic carbocycles. The zero-order valence-electron chi connectivity index (χ0n) is 17.2. The molecule has 1 aliphatic rings. The van der Waals surface area contributed by atoms with Crippen LogP contribution in [-0.4, -0.2) is 44.3 Å². The molecule has 1 atom stereocenters. The molecule has 0 bridgehead atoms. The second kappa shape index (κ2) is 9.30. The molecule has 0 aromatic heterocycles. The molecule has 0 spiro atoms. The number of hydrogen-bond donors (Lipinski definition) is 2.